The van der Waals surface area contributed by atoms with Gasteiger partial charge in [0.2, 0.25) is 5.75 Å². The molecule has 0 fully saturated rings. The molecule has 0 amide bonds. The predicted octanol–water partition coefficient (Wildman–Crippen LogP) is 23.9. The van der Waals surface area contributed by atoms with Crippen molar-refractivity contribution in [2.24, 2.45) is 0 Å². The Bertz CT molecular complexity index is 5410. The van der Waals surface area contributed by atoms with Gasteiger partial charge in [-0.05, 0) is 125 Å². The Kier molecular flexibility index (Phi) is 51.1. The number of benzene rings is 13. The summed E-state index contributed by atoms with van der Waals surface area (Å²) in [6.45, 7) is 37.7. The van der Waals surface area contributed by atoms with E-state index in [4.69, 9.17) is 109 Å². The van der Waals surface area contributed by atoms with Gasteiger partial charge in [0.1, 0.15) is 163 Å². The van der Waals surface area contributed by atoms with Crippen LogP contribution in [0.5, 0.6) is 86.2 Å². The average molecular weight is 1790 g/mol. The molecular weight excluding hydrogens is 1670 g/mol. The van der Waals surface area contributed by atoms with Crippen LogP contribution in [0.25, 0.3) is 53.9 Å². The van der Waals surface area contributed by atoms with Crippen molar-refractivity contribution in [3.8, 4) is 86.2 Å². The maximum atomic E-state index is 5.78. The molecule has 0 unspecified atom stereocenters. The van der Waals surface area contributed by atoms with Gasteiger partial charge in [0, 0.05) is 38.4 Å². The highest BCUT2D eigenvalue weighted by molar-refractivity contribution is 5.94. The van der Waals surface area contributed by atoms with Gasteiger partial charge in [0.05, 0.1) is 99.9 Å². The Morgan fingerprint density at radius 3 is 0.962 bits per heavy atom. The van der Waals surface area contributed by atoms with Crippen molar-refractivity contribution in [2.75, 3.05) is 155 Å². The first-order chi connectivity index (χ1) is 64.4. The van der Waals surface area contributed by atoms with Crippen molar-refractivity contribution in [3.63, 3.8) is 0 Å². The maximum absolute atomic E-state index is 5.78. The van der Waals surface area contributed by atoms with Gasteiger partial charge < -0.3 is 109 Å². The van der Waals surface area contributed by atoms with Gasteiger partial charge in [-0.2, -0.15) is 0 Å². The lowest BCUT2D eigenvalue weighted by Crippen LogP contribution is -2.05. The zero-order valence-corrected chi connectivity index (χ0v) is 76.2. The minimum atomic E-state index is 0.426. The van der Waals surface area contributed by atoms with Crippen LogP contribution in [0.3, 0.4) is 0 Å². The van der Waals surface area contributed by atoms with Crippen molar-refractivity contribution in [3.05, 3.63) is 363 Å². The van der Waals surface area contributed by atoms with Gasteiger partial charge in [-0.3, -0.25) is 0 Å². The molecule has 0 aliphatic carbocycles. The molecule has 23 nitrogen and oxygen atoms in total. The van der Waals surface area contributed by atoms with Crippen LogP contribution in [0.1, 0.15) is 5.56 Å². The van der Waals surface area contributed by atoms with Crippen molar-refractivity contribution in [1.82, 2.24) is 0 Å². The Morgan fingerprint density at radius 1 is 0.183 bits per heavy atom. The van der Waals surface area contributed by atoms with Gasteiger partial charge in [-0.1, -0.05) is 210 Å². The number of fused-ring (bicyclic) bond motifs is 5. The number of rotatable bonds is 47. The summed E-state index contributed by atoms with van der Waals surface area (Å²) < 4.78 is 121. The first kappa shape index (κ1) is 104. The van der Waals surface area contributed by atoms with Crippen LogP contribution in [0.2, 0.25) is 0 Å². The predicted molar refractivity (Wildman–Crippen MR) is 523 cm³/mol. The summed E-state index contributed by atoms with van der Waals surface area (Å²) >= 11 is 0. The monoisotopic (exact) mass is 1790 g/mol. The normalized spacial score (nSPS) is 9.80. The zero-order valence-electron chi connectivity index (χ0n) is 76.2. The summed E-state index contributed by atoms with van der Waals surface area (Å²) in [6.07, 6.45) is 11.3. The summed E-state index contributed by atoms with van der Waals surface area (Å²) in [5.41, 5.74) is 1.14. The Labute approximate surface area is 770 Å². The van der Waals surface area contributed by atoms with E-state index in [1.165, 1.54) is 71.6 Å². The second kappa shape index (κ2) is 64.2. The molecule has 131 heavy (non-hydrogen) atoms. The molecule has 0 aliphatic rings. The lowest BCUT2D eigenvalue weighted by atomic mass is 10.1. The van der Waals surface area contributed by atoms with E-state index in [9.17, 15) is 0 Å². The first-order valence-electron chi connectivity index (χ1n) is 41.8. The number of hydrogen-bond acceptors (Lipinski definition) is 23. The molecule has 0 aliphatic heterocycles. The van der Waals surface area contributed by atoms with E-state index >= 15 is 0 Å². The highest BCUT2D eigenvalue weighted by atomic mass is 16.6. The largest absolute Gasteiger partial charge is 0.498 e. The third-order valence-electron chi connectivity index (χ3n) is 18.1. The molecule has 23 heteroatoms. The molecule has 13 aromatic carbocycles. The van der Waals surface area contributed by atoms with E-state index in [-0.39, 0.29) is 0 Å². The van der Waals surface area contributed by atoms with Crippen LogP contribution in [0.15, 0.2) is 358 Å². The molecule has 0 heterocycles. The molecule has 0 bridgehead atoms. The van der Waals surface area contributed by atoms with Gasteiger partial charge in [0.25, 0.3) is 0 Å². The van der Waals surface area contributed by atoms with Crippen LogP contribution in [-0.2, 0) is 37.9 Å². The standard InChI is InChI=1S/2C15H16O3.C15H16O2.2C14H14O2.2C12H16O4.C11H14O3/c1-3-17-10-11-18-15-9-5-6-12-13(15)7-4-8-14(12)16-2;1-3-17-10-11-18-15-9-8-14(16-2)12-6-4-5-7-13(12)15;1-3-16-10-11-17-15-12(2)8-9-13-6-4-5-7-14(13)15;1-2-15-10-11-16-14-9-5-7-12-6-3-4-8-13(12)14;1-2-15-9-10-16-14-8-7-12-5-3-4-6-13(12)11-14;1-4-15-7-8-16-10-5-6-11(13-2)12(9-10)14-3;1-4-15-8-9-16-11-7-5-6-10(13-2)12(11)14-3;1-3-13-8-9-14-11-6-4-10(12-2)5-7-11/h2*3-9H,1,10-11H2,2H3;3-9H,1,10-11H2,2H3;2-9H,1,10-11H2;2-8,11H,1,9-10H2;4-6,9H,1,7-8H2,2-3H3;4-7H,1,8-9H2,2-3H3;3-7H,1,8-9H2,2H3. The molecule has 0 spiro atoms. The highest BCUT2D eigenvalue weighted by Crippen LogP contribution is 2.38. The SMILES string of the molecule is C=COCCOc1c(C)ccc2ccccc12.C=COCCOc1ccc(OC)c(OC)c1.C=COCCOc1ccc(OC)c2ccccc12.C=COCCOc1ccc(OC)cc1.C=COCCOc1ccc2ccccc2c1.C=COCCOc1cccc(OC)c1OC.C=COCCOc1cccc2c(OC)cccc12.C=COCCOc1cccc2ccccc12. The molecular formula is C108H122O23. The smallest absolute Gasteiger partial charge is 0.203 e. The van der Waals surface area contributed by atoms with Crippen LogP contribution in [-0.4, -0.2) is 155 Å². The van der Waals surface area contributed by atoms with E-state index in [1.54, 1.807) is 61.9 Å². The van der Waals surface area contributed by atoms with Crippen molar-refractivity contribution < 1.29 is 109 Å². The topological polar surface area (TPSA) is 212 Å². The summed E-state index contributed by atoms with van der Waals surface area (Å²) in [4.78, 5) is 0. The number of methoxy groups -OCH3 is 7. The lowest BCUT2D eigenvalue weighted by Gasteiger charge is -2.13. The number of ether oxygens (including phenoxy) is 23. The second-order valence-corrected chi connectivity index (χ2v) is 26.3. The van der Waals surface area contributed by atoms with Crippen LogP contribution < -0.4 is 71.1 Å². The van der Waals surface area contributed by atoms with E-state index < -0.39 is 0 Å². The fourth-order valence-electron chi connectivity index (χ4n) is 12.1. The van der Waals surface area contributed by atoms with Crippen molar-refractivity contribution in [2.45, 2.75) is 6.92 Å². The van der Waals surface area contributed by atoms with Crippen LogP contribution >= 0.6 is 0 Å². The van der Waals surface area contributed by atoms with Crippen LogP contribution in [0, 0.1) is 6.92 Å². The van der Waals surface area contributed by atoms with Gasteiger partial charge in [0.15, 0.2) is 23.0 Å². The van der Waals surface area contributed by atoms with E-state index in [0.717, 1.165) is 89.6 Å². The average Bonchev–Trinajstić information content (AvgIpc) is 0.801. The molecule has 0 atom stereocenters. The molecule has 13 aromatic rings. The van der Waals surface area contributed by atoms with E-state index in [0.29, 0.717) is 140 Å². The first-order valence-corrected chi connectivity index (χ1v) is 41.8. The van der Waals surface area contributed by atoms with E-state index in [2.05, 4.69) is 120 Å². The minimum Gasteiger partial charge on any atom is -0.498 e. The lowest BCUT2D eigenvalue weighted by molar-refractivity contribution is 0.175. The Hall–Kier alpha value is -15.5. The van der Waals surface area contributed by atoms with E-state index in [1.807, 2.05) is 182 Å². The minimum absolute atomic E-state index is 0.426. The second-order valence-electron chi connectivity index (χ2n) is 26.3. The van der Waals surface area contributed by atoms with Crippen LogP contribution in [0.4, 0.5) is 0 Å². The zero-order chi connectivity index (χ0) is 93.9. The molecule has 0 N–H and O–H groups in total. The Balaban J connectivity index is 0.000000231. The fraction of sp³-hybridized carbons (Fsp3) is 0.222. The molecule has 0 radical (unpaired) electrons. The summed E-state index contributed by atoms with van der Waals surface area (Å²) in [7, 11) is 11.3. The quantitative estimate of drug-likeness (QED) is 0.0256. The molecule has 13 rings (SSSR count). The highest BCUT2D eigenvalue weighted by Gasteiger charge is 2.13. The summed E-state index contributed by atoms with van der Waals surface area (Å²) in [5, 5.41) is 11.2. The Morgan fingerprint density at radius 2 is 0.481 bits per heavy atom. The molecule has 692 valence electrons. The van der Waals surface area contributed by atoms with Gasteiger partial charge in [-0.25, -0.2) is 0 Å². The maximum Gasteiger partial charge on any atom is 0.203 e. The third-order valence-corrected chi connectivity index (χ3v) is 18.1. The van der Waals surface area contributed by atoms with Crippen molar-refractivity contribution >= 4 is 53.9 Å². The summed E-state index contributed by atoms with van der Waals surface area (Å²) in [6, 6.07) is 82.7. The molecule has 0 aromatic heterocycles. The van der Waals surface area contributed by atoms with Crippen molar-refractivity contribution in [1.29, 1.82) is 0 Å². The fourth-order valence-corrected chi connectivity index (χ4v) is 12.1. The number of para-hydroxylation sites is 1. The number of aryl methyl sites for hydroxylation is 1. The molecule has 0 saturated heterocycles. The third kappa shape index (κ3) is 37.5. The summed E-state index contributed by atoms with van der Waals surface area (Å²) in [5.74, 6) is 11.6. The molecule has 0 saturated carbocycles. The van der Waals surface area contributed by atoms with Gasteiger partial charge >= 0.3 is 0 Å². The van der Waals surface area contributed by atoms with Gasteiger partial charge in [-0.15, -0.1) is 0 Å². The number of hydrogen-bond donors (Lipinski definition) is 0.